The molecule has 2 heterocycles. The van der Waals surface area contributed by atoms with E-state index in [0.29, 0.717) is 41.8 Å². The summed E-state index contributed by atoms with van der Waals surface area (Å²) in [6.45, 7) is 4.86. The molecule has 1 fully saturated rings. The molecule has 0 atom stereocenters. The van der Waals surface area contributed by atoms with Crippen molar-refractivity contribution in [2.45, 2.75) is 32.4 Å². The second-order valence-electron chi connectivity index (χ2n) is 8.02. The number of aromatic nitrogens is 1. The normalized spacial score (nSPS) is 14.1. The summed E-state index contributed by atoms with van der Waals surface area (Å²) in [5, 5.41) is 3.42. The molecule has 0 amide bonds. The van der Waals surface area contributed by atoms with Crippen LogP contribution in [0.25, 0.3) is 11.1 Å². The maximum atomic E-state index is 11.4. The van der Waals surface area contributed by atoms with Gasteiger partial charge < -0.3 is 33.6 Å². The number of methoxy groups -OCH3 is 2. The van der Waals surface area contributed by atoms with E-state index in [1.165, 1.54) is 7.11 Å². The van der Waals surface area contributed by atoms with Crippen molar-refractivity contribution in [3.05, 3.63) is 42.0 Å². The van der Waals surface area contributed by atoms with Crippen LogP contribution in [0.2, 0.25) is 0 Å². The molecule has 3 aromatic rings. The highest BCUT2D eigenvalue weighted by molar-refractivity contribution is 5.77. The summed E-state index contributed by atoms with van der Waals surface area (Å²) < 4.78 is 27.5. The van der Waals surface area contributed by atoms with Crippen LogP contribution >= 0.6 is 0 Å². The highest BCUT2D eigenvalue weighted by atomic mass is 16.6. The molecule has 0 bridgehead atoms. The maximum absolute atomic E-state index is 11.4. The Morgan fingerprint density at radius 2 is 1.94 bits per heavy atom. The largest absolute Gasteiger partial charge is 0.493 e. The standard InChI is InChI=1S/C25H31N3O6/c1-4-32-23-13-17(5-7-22(23)30-2)15-28(18-9-11-26-12-10-18)25-27-20-14-19(6-8-21(20)34-25)33-16-24(29)31-3/h5-8,13-14,18,26H,4,9-12,15-16H2,1-3H3. The third-order valence-electron chi connectivity index (χ3n) is 5.81. The van der Waals surface area contributed by atoms with Crippen molar-refractivity contribution in [1.82, 2.24) is 10.3 Å². The number of carbonyl (C=O) groups is 1. The molecular weight excluding hydrogens is 438 g/mol. The molecule has 1 aliphatic rings. The molecule has 1 N–H and O–H groups in total. The fourth-order valence-electron chi connectivity index (χ4n) is 4.06. The molecule has 1 saturated heterocycles. The van der Waals surface area contributed by atoms with Gasteiger partial charge in [0.25, 0.3) is 6.01 Å². The van der Waals surface area contributed by atoms with Gasteiger partial charge in [0.2, 0.25) is 0 Å². The summed E-state index contributed by atoms with van der Waals surface area (Å²) in [5.74, 6) is 1.52. The zero-order chi connectivity index (χ0) is 23.9. The van der Waals surface area contributed by atoms with E-state index in [-0.39, 0.29) is 12.6 Å². The molecule has 2 aromatic carbocycles. The zero-order valence-corrected chi connectivity index (χ0v) is 19.8. The van der Waals surface area contributed by atoms with E-state index in [1.54, 1.807) is 25.3 Å². The maximum Gasteiger partial charge on any atom is 0.343 e. The number of nitrogens with zero attached hydrogens (tertiary/aromatic N) is 2. The van der Waals surface area contributed by atoms with Crippen LogP contribution in [0.15, 0.2) is 40.8 Å². The summed E-state index contributed by atoms with van der Waals surface area (Å²) in [7, 11) is 2.97. The number of anilines is 1. The number of oxazole rings is 1. The fourth-order valence-corrected chi connectivity index (χ4v) is 4.06. The second kappa shape index (κ2) is 11.1. The molecule has 9 nitrogen and oxygen atoms in total. The second-order valence-corrected chi connectivity index (χ2v) is 8.02. The van der Waals surface area contributed by atoms with Crippen LogP contribution in [-0.2, 0) is 16.1 Å². The van der Waals surface area contributed by atoms with Crippen LogP contribution in [0.3, 0.4) is 0 Å². The summed E-state index contributed by atoms with van der Waals surface area (Å²) in [4.78, 5) is 18.4. The van der Waals surface area contributed by atoms with Crippen LogP contribution in [0.5, 0.6) is 17.2 Å². The Morgan fingerprint density at radius 3 is 2.68 bits per heavy atom. The Bertz CT molecular complexity index is 1110. The van der Waals surface area contributed by atoms with Crippen LogP contribution in [0.1, 0.15) is 25.3 Å². The van der Waals surface area contributed by atoms with Gasteiger partial charge in [-0.1, -0.05) is 6.07 Å². The summed E-state index contributed by atoms with van der Waals surface area (Å²) in [6, 6.07) is 12.1. The van der Waals surface area contributed by atoms with Gasteiger partial charge in [-0.25, -0.2) is 4.79 Å². The summed E-state index contributed by atoms with van der Waals surface area (Å²) in [5.41, 5.74) is 2.40. The molecule has 0 radical (unpaired) electrons. The molecule has 1 aromatic heterocycles. The van der Waals surface area contributed by atoms with Crippen LogP contribution < -0.4 is 24.4 Å². The minimum atomic E-state index is -0.441. The first-order valence-corrected chi connectivity index (χ1v) is 11.5. The van der Waals surface area contributed by atoms with Crippen molar-refractivity contribution >= 4 is 23.1 Å². The van der Waals surface area contributed by atoms with Gasteiger partial charge in [-0.05, 0) is 62.7 Å². The smallest absolute Gasteiger partial charge is 0.343 e. The third-order valence-corrected chi connectivity index (χ3v) is 5.81. The first kappa shape index (κ1) is 23.7. The number of rotatable bonds is 10. The molecule has 0 unspecified atom stereocenters. The van der Waals surface area contributed by atoms with Gasteiger partial charge in [0.05, 0.1) is 20.8 Å². The quantitative estimate of drug-likeness (QED) is 0.447. The number of benzene rings is 2. The molecular formula is C25H31N3O6. The van der Waals surface area contributed by atoms with Crippen molar-refractivity contribution in [1.29, 1.82) is 0 Å². The SMILES string of the molecule is CCOc1cc(CN(c2nc3cc(OCC(=O)OC)ccc3o2)C2CCNCC2)ccc1OC. The van der Waals surface area contributed by atoms with Crippen LogP contribution in [0.4, 0.5) is 6.01 Å². The first-order chi connectivity index (χ1) is 16.6. The highest BCUT2D eigenvalue weighted by Gasteiger charge is 2.26. The van der Waals surface area contributed by atoms with E-state index in [4.69, 9.17) is 23.6 Å². The summed E-state index contributed by atoms with van der Waals surface area (Å²) >= 11 is 0. The van der Waals surface area contributed by atoms with E-state index in [1.807, 2.05) is 25.1 Å². The van der Waals surface area contributed by atoms with Crippen LogP contribution in [0, 0.1) is 0 Å². The number of nitrogens with one attached hydrogen (secondary N) is 1. The molecule has 0 aliphatic carbocycles. The lowest BCUT2D eigenvalue weighted by Gasteiger charge is -2.33. The van der Waals surface area contributed by atoms with Crippen molar-refractivity contribution in [2.75, 3.05) is 45.4 Å². The molecule has 182 valence electrons. The molecule has 34 heavy (non-hydrogen) atoms. The van der Waals surface area contributed by atoms with E-state index in [9.17, 15) is 4.79 Å². The lowest BCUT2D eigenvalue weighted by molar-refractivity contribution is -0.142. The molecule has 1 aliphatic heterocycles. The van der Waals surface area contributed by atoms with Crippen molar-refractivity contribution in [3.63, 3.8) is 0 Å². The van der Waals surface area contributed by atoms with E-state index < -0.39 is 5.97 Å². The number of esters is 1. The lowest BCUT2D eigenvalue weighted by Crippen LogP contribution is -2.43. The number of fused-ring (bicyclic) bond motifs is 1. The average Bonchev–Trinajstić information content (AvgIpc) is 3.29. The van der Waals surface area contributed by atoms with E-state index in [0.717, 1.165) is 37.2 Å². The van der Waals surface area contributed by atoms with E-state index >= 15 is 0 Å². The lowest BCUT2D eigenvalue weighted by atomic mass is 10.0. The van der Waals surface area contributed by atoms with Gasteiger partial charge in [0.15, 0.2) is 23.7 Å². The van der Waals surface area contributed by atoms with Gasteiger partial charge in [0.1, 0.15) is 11.3 Å². The fraction of sp³-hybridized carbons (Fsp3) is 0.440. The summed E-state index contributed by atoms with van der Waals surface area (Å²) in [6.07, 6.45) is 1.97. The first-order valence-electron chi connectivity index (χ1n) is 11.5. The minimum Gasteiger partial charge on any atom is -0.493 e. The van der Waals surface area contributed by atoms with Gasteiger partial charge >= 0.3 is 5.97 Å². The Balaban J connectivity index is 1.62. The zero-order valence-electron chi connectivity index (χ0n) is 19.8. The predicted molar refractivity (Wildman–Crippen MR) is 128 cm³/mol. The van der Waals surface area contributed by atoms with Gasteiger partial charge in [0, 0.05) is 18.7 Å². The van der Waals surface area contributed by atoms with Crippen molar-refractivity contribution in [3.8, 4) is 17.2 Å². The number of ether oxygens (including phenoxy) is 4. The van der Waals surface area contributed by atoms with E-state index in [2.05, 4.69) is 15.0 Å². The van der Waals surface area contributed by atoms with Crippen molar-refractivity contribution in [2.24, 2.45) is 0 Å². The molecule has 4 rings (SSSR count). The third kappa shape index (κ3) is 5.53. The van der Waals surface area contributed by atoms with Gasteiger partial charge in [-0.15, -0.1) is 0 Å². The number of carbonyl (C=O) groups excluding carboxylic acids is 1. The Kier molecular flexibility index (Phi) is 7.74. The number of piperidine rings is 1. The van der Waals surface area contributed by atoms with Crippen LogP contribution in [-0.4, -0.2) is 57.5 Å². The molecule has 0 spiro atoms. The van der Waals surface area contributed by atoms with Gasteiger partial charge in [-0.2, -0.15) is 4.98 Å². The Morgan fingerprint density at radius 1 is 1.12 bits per heavy atom. The van der Waals surface area contributed by atoms with Gasteiger partial charge in [-0.3, -0.25) is 0 Å². The average molecular weight is 470 g/mol. The molecule has 9 heteroatoms. The topological polar surface area (TPSA) is 95.3 Å². The highest BCUT2D eigenvalue weighted by Crippen LogP contribution is 2.32. The monoisotopic (exact) mass is 469 g/mol. The number of hydrogen-bond donors (Lipinski definition) is 1. The minimum absolute atomic E-state index is 0.159. The Labute approximate surface area is 198 Å². The van der Waals surface area contributed by atoms with Crippen molar-refractivity contribution < 1.29 is 28.2 Å². The molecule has 0 saturated carbocycles. The predicted octanol–water partition coefficient (Wildman–Crippen LogP) is 3.55. The number of hydrogen-bond acceptors (Lipinski definition) is 9. The Hall–Kier alpha value is -3.46.